The minimum atomic E-state index is -0.214. The van der Waals surface area contributed by atoms with E-state index in [1.807, 2.05) is 48.9 Å². The van der Waals surface area contributed by atoms with Gasteiger partial charge in [0, 0.05) is 47.5 Å². The van der Waals surface area contributed by atoms with Gasteiger partial charge in [-0.2, -0.15) is 0 Å². The van der Waals surface area contributed by atoms with Gasteiger partial charge in [0.25, 0.3) is 5.56 Å². The molecule has 0 aliphatic carbocycles. The van der Waals surface area contributed by atoms with Crippen LogP contribution < -0.4 is 10.5 Å². The van der Waals surface area contributed by atoms with Crippen LogP contribution in [-0.2, 0) is 6.54 Å². The lowest BCUT2D eigenvalue weighted by molar-refractivity contribution is 0.145. The SMILES string of the molecule is O=c1cc(-c2c[nH]c3ncc(N4CCC(O)CC4)cc23)ccn1Cc1cccc(Cl)c1. The molecular weight excluding hydrogens is 412 g/mol. The smallest absolute Gasteiger partial charge is 0.251 e. The summed E-state index contributed by atoms with van der Waals surface area (Å²) in [4.78, 5) is 22.8. The largest absolute Gasteiger partial charge is 0.393 e. The van der Waals surface area contributed by atoms with Crippen LogP contribution in [0.3, 0.4) is 0 Å². The first-order valence-corrected chi connectivity index (χ1v) is 10.8. The maximum atomic E-state index is 12.8. The summed E-state index contributed by atoms with van der Waals surface area (Å²) in [6.45, 7) is 2.10. The van der Waals surface area contributed by atoms with Gasteiger partial charge in [0.05, 0.1) is 24.5 Å². The van der Waals surface area contributed by atoms with E-state index in [1.54, 1.807) is 10.6 Å². The summed E-state index contributed by atoms with van der Waals surface area (Å²) in [7, 11) is 0. The van der Waals surface area contributed by atoms with E-state index in [0.29, 0.717) is 11.6 Å². The number of H-pyrrole nitrogens is 1. The molecule has 1 fully saturated rings. The zero-order valence-electron chi connectivity index (χ0n) is 17.0. The number of benzene rings is 1. The second kappa shape index (κ2) is 8.21. The number of aromatic nitrogens is 3. The summed E-state index contributed by atoms with van der Waals surface area (Å²) in [6, 6.07) is 13.3. The molecular formula is C24H23ClN4O2. The molecule has 1 saturated heterocycles. The van der Waals surface area contributed by atoms with Gasteiger partial charge in [0.15, 0.2) is 0 Å². The topological polar surface area (TPSA) is 74.2 Å². The Morgan fingerprint density at radius 2 is 2.00 bits per heavy atom. The van der Waals surface area contributed by atoms with E-state index in [1.165, 1.54) is 0 Å². The Balaban J connectivity index is 1.45. The maximum Gasteiger partial charge on any atom is 0.251 e. The number of piperidine rings is 1. The first kappa shape index (κ1) is 19.8. The van der Waals surface area contributed by atoms with Crippen molar-refractivity contribution in [3.05, 3.63) is 82.0 Å². The van der Waals surface area contributed by atoms with Crippen LogP contribution >= 0.6 is 11.6 Å². The van der Waals surface area contributed by atoms with Crippen molar-refractivity contribution < 1.29 is 5.11 Å². The van der Waals surface area contributed by atoms with Crippen LogP contribution in [0.15, 0.2) is 65.8 Å². The highest BCUT2D eigenvalue weighted by molar-refractivity contribution is 6.30. The quantitative estimate of drug-likeness (QED) is 0.508. The molecule has 0 spiro atoms. The number of fused-ring (bicyclic) bond motifs is 1. The average Bonchev–Trinajstić information content (AvgIpc) is 3.19. The molecule has 0 amide bonds. The van der Waals surface area contributed by atoms with Crippen LogP contribution in [0.1, 0.15) is 18.4 Å². The number of rotatable bonds is 4. The molecule has 0 bridgehead atoms. The highest BCUT2D eigenvalue weighted by Crippen LogP contribution is 2.30. The molecule has 4 aromatic rings. The molecule has 1 aromatic carbocycles. The summed E-state index contributed by atoms with van der Waals surface area (Å²) in [5.41, 5.74) is 4.55. The van der Waals surface area contributed by atoms with Crippen molar-refractivity contribution in [2.24, 2.45) is 0 Å². The number of nitrogens with one attached hydrogen (secondary N) is 1. The van der Waals surface area contributed by atoms with Crippen molar-refractivity contribution in [1.82, 2.24) is 14.5 Å². The predicted octanol–water partition coefficient (Wildman–Crippen LogP) is 4.05. The van der Waals surface area contributed by atoms with Crippen molar-refractivity contribution in [2.45, 2.75) is 25.5 Å². The highest BCUT2D eigenvalue weighted by Gasteiger charge is 2.18. The number of anilines is 1. The van der Waals surface area contributed by atoms with Gasteiger partial charge in [-0.05, 0) is 48.2 Å². The number of aliphatic hydroxyl groups excluding tert-OH is 1. The van der Waals surface area contributed by atoms with Gasteiger partial charge in [0.1, 0.15) is 5.65 Å². The van der Waals surface area contributed by atoms with Gasteiger partial charge in [-0.25, -0.2) is 4.98 Å². The van der Waals surface area contributed by atoms with Crippen molar-refractivity contribution in [3.63, 3.8) is 0 Å². The number of hydrogen-bond donors (Lipinski definition) is 2. The van der Waals surface area contributed by atoms with E-state index in [2.05, 4.69) is 20.9 Å². The summed E-state index contributed by atoms with van der Waals surface area (Å²) >= 11 is 6.06. The van der Waals surface area contributed by atoms with Crippen molar-refractivity contribution in [2.75, 3.05) is 18.0 Å². The molecule has 2 N–H and O–H groups in total. The zero-order valence-corrected chi connectivity index (χ0v) is 17.7. The second-order valence-electron chi connectivity index (χ2n) is 8.02. The minimum absolute atomic E-state index is 0.0686. The van der Waals surface area contributed by atoms with Gasteiger partial charge in [-0.15, -0.1) is 0 Å². The summed E-state index contributed by atoms with van der Waals surface area (Å²) < 4.78 is 1.67. The van der Waals surface area contributed by atoms with Crippen LogP contribution in [0, 0.1) is 0 Å². The number of hydrogen-bond acceptors (Lipinski definition) is 4. The third-order valence-corrected chi connectivity index (χ3v) is 6.13. The predicted molar refractivity (Wildman–Crippen MR) is 124 cm³/mol. The van der Waals surface area contributed by atoms with Gasteiger partial charge >= 0.3 is 0 Å². The Kier molecular flexibility index (Phi) is 5.26. The number of pyridine rings is 2. The monoisotopic (exact) mass is 434 g/mol. The molecule has 5 rings (SSSR count). The second-order valence-corrected chi connectivity index (χ2v) is 8.46. The number of aliphatic hydroxyl groups is 1. The van der Waals surface area contributed by atoms with Crippen molar-refractivity contribution in [1.29, 1.82) is 0 Å². The van der Waals surface area contributed by atoms with Gasteiger partial charge in [0.2, 0.25) is 0 Å². The molecule has 1 aliphatic heterocycles. The number of nitrogens with zero attached hydrogens (tertiary/aromatic N) is 3. The third kappa shape index (κ3) is 4.09. The van der Waals surface area contributed by atoms with E-state index in [0.717, 1.165) is 59.3 Å². The van der Waals surface area contributed by atoms with Crippen LogP contribution in [0.25, 0.3) is 22.2 Å². The molecule has 0 atom stereocenters. The first-order valence-electron chi connectivity index (χ1n) is 10.4. The van der Waals surface area contributed by atoms with E-state index >= 15 is 0 Å². The zero-order chi connectivity index (χ0) is 21.4. The molecule has 1 aliphatic rings. The van der Waals surface area contributed by atoms with Gasteiger partial charge in [-0.3, -0.25) is 4.79 Å². The van der Waals surface area contributed by atoms with Crippen LogP contribution in [0.2, 0.25) is 5.02 Å². The molecule has 4 heterocycles. The molecule has 7 heteroatoms. The Labute approximate surface area is 184 Å². The van der Waals surface area contributed by atoms with Crippen LogP contribution in [0.4, 0.5) is 5.69 Å². The van der Waals surface area contributed by atoms with Gasteiger partial charge in [-0.1, -0.05) is 23.7 Å². The molecule has 0 saturated carbocycles. The lowest BCUT2D eigenvalue weighted by atomic mass is 10.1. The standard InChI is InChI=1S/C24H23ClN4O2/c25-18-3-1-2-16(10-18)15-29-7-4-17(11-23(29)31)22-14-27-24-21(22)12-19(13-26-24)28-8-5-20(30)6-9-28/h1-4,7,10-14,20,30H,5-6,8-9,15H2,(H,26,27). The maximum absolute atomic E-state index is 12.8. The Morgan fingerprint density at radius 1 is 1.16 bits per heavy atom. The van der Waals surface area contributed by atoms with E-state index < -0.39 is 0 Å². The van der Waals surface area contributed by atoms with Crippen LogP contribution in [-0.4, -0.2) is 38.8 Å². The average molecular weight is 435 g/mol. The fraction of sp³-hybridized carbons (Fsp3) is 0.250. The van der Waals surface area contributed by atoms with Crippen molar-refractivity contribution in [3.8, 4) is 11.1 Å². The Morgan fingerprint density at radius 3 is 2.77 bits per heavy atom. The van der Waals surface area contributed by atoms with E-state index in [-0.39, 0.29) is 11.7 Å². The lowest BCUT2D eigenvalue weighted by Crippen LogP contribution is -2.35. The molecule has 0 radical (unpaired) electrons. The minimum Gasteiger partial charge on any atom is -0.393 e. The normalized spacial score (nSPS) is 15.0. The fourth-order valence-corrected chi connectivity index (χ4v) is 4.38. The lowest BCUT2D eigenvalue weighted by Gasteiger charge is -2.31. The molecule has 31 heavy (non-hydrogen) atoms. The summed E-state index contributed by atoms with van der Waals surface area (Å²) in [5.74, 6) is 0. The fourth-order valence-electron chi connectivity index (χ4n) is 4.17. The van der Waals surface area contributed by atoms with Crippen LogP contribution in [0.5, 0.6) is 0 Å². The Hall–Kier alpha value is -3.09. The molecule has 6 nitrogen and oxygen atoms in total. The first-order chi connectivity index (χ1) is 15.1. The van der Waals surface area contributed by atoms with Crippen molar-refractivity contribution >= 4 is 28.3 Å². The Bertz CT molecular complexity index is 1290. The molecule has 158 valence electrons. The molecule has 3 aromatic heterocycles. The van der Waals surface area contributed by atoms with E-state index in [4.69, 9.17) is 11.6 Å². The number of halogens is 1. The summed E-state index contributed by atoms with van der Waals surface area (Å²) in [5, 5.41) is 11.4. The molecule has 0 unspecified atom stereocenters. The highest BCUT2D eigenvalue weighted by atomic mass is 35.5. The number of aromatic amines is 1. The van der Waals surface area contributed by atoms with E-state index in [9.17, 15) is 9.90 Å². The summed E-state index contributed by atoms with van der Waals surface area (Å²) in [6.07, 6.45) is 6.90. The third-order valence-electron chi connectivity index (χ3n) is 5.90. The van der Waals surface area contributed by atoms with Gasteiger partial charge < -0.3 is 19.6 Å².